The highest BCUT2D eigenvalue weighted by Crippen LogP contribution is 2.20. The quantitative estimate of drug-likeness (QED) is 0.800. The smallest absolute Gasteiger partial charge is 0.0726 e. The van der Waals surface area contributed by atoms with E-state index >= 15 is 0 Å². The van der Waals surface area contributed by atoms with Crippen LogP contribution in [0.1, 0.15) is 24.8 Å². The Balaban J connectivity index is 1.70. The molecule has 1 aromatic heterocycles. The van der Waals surface area contributed by atoms with Gasteiger partial charge in [-0.05, 0) is 31.2 Å². The third kappa shape index (κ3) is 2.79. The molecule has 0 radical (unpaired) electrons. The minimum Gasteiger partial charge on any atom is -0.376 e. The van der Waals surface area contributed by atoms with Gasteiger partial charge in [0.05, 0.1) is 18.9 Å². The molecule has 1 saturated carbocycles. The fourth-order valence-corrected chi connectivity index (χ4v) is 2.09. The van der Waals surface area contributed by atoms with Crippen molar-refractivity contribution >= 4 is 0 Å². The van der Waals surface area contributed by atoms with Crippen molar-refractivity contribution in [3.05, 3.63) is 18.0 Å². The van der Waals surface area contributed by atoms with E-state index in [9.17, 15) is 0 Å². The Morgan fingerprint density at radius 1 is 1.60 bits per heavy atom. The molecule has 2 rings (SSSR count). The molecule has 0 aliphatic heterocycles. The van der Waals surface area contributed by atoms with E-state index in [4.69, 9.17) is 10.5 Å². The second-order valence-electron chi connectivity index (χ2n) is 4.28. The Hall–Kier alpha value is -0.870. The van der Waals surface area contributed by atoms with E-state index in [1.807, 2.05) is 24.1 Å². The lowest BCUT2D eigenvalue weighted by molar-refractivity contribution is 0.0502. The van der Waals surface area contributed by atoms with Gasteiger partial charge in [-0.15, -0.1) is 0 Å². The monoisotopic (exact) mass is 209 g/mol. The SMILES string of the molecule is Cn1cc(CCOC2CCCC2N)cn1. The molecule has 1 aliphatic rings. The minimum absolute atomic E-state index is 0.249. The molecule has 2 atom stereocenters. The van der Waals surface area contributed by atoms with E-state index in [1.165, 1.54) is 12.0 Å². The van der Waals surface area contributed by atoms with Crippen molar-refractivity contribution in [2.45, 2.75) is 37.8 Å². The number of aromatic nitrogens is 2. The fourth-order valence-electron chi connectivity index (χ4n) is 2.09. The van der Waals surface area contributed by atoms with Gasteiger partial charge in [-0.2, -0.15) is 5.10 Å². The molecule has 0 spiro atoms. The summed E-state index contributed by atoms with van der Waals surface area (Å²) in [6.07, 6.45) is 8.55. The topological polar surface area (TPSA) is 53.1 Å². The van der Waals surface area contributed by atoms with Gasteiger partial charge in [0.2, 0.25) is 0 Å². The summed E-state index contributed by atoms with van der Waals surface area (Å²) >= 11 is 0. The lowest BCUT2D eigenvalue weighted by Gasteiger charge is -2.15. The summed E-state index contributed by atoms with van der Waals surface area (Å²) in [4.78, 5) is 0. The van der Waals surface area contributed by atoms with Crippen LogP contribution in [-0.2, 0) is 18.2 Å². The molecule has 4 heteroatoms. The van der Waals surface area contributed by atoms with Gasteiger partial charge in [0.1, 0.15) is 0 Å². The second kappa shape index (κ2) is 4.77. The summed E-state index contributed by atoms with van der Waals surface area (Å²) in [5.41, 5.74) is 7.15. The first kappa shape index (κ1) is 10.6. The predicted molar refractivity (Wildman–Crippen MR) is 58.5 cm³/mol. The molecule has 1 heterocycles. The van der Waals surface area contributed by atoms with E-state index in [1.54, 1.807) is 0 Å². The second-order valence-corrected chi connectivity index (χ2v) is 4.28. The number of nitrogens with zero attached hydrogens (tertiary/aromatic N) is 2. The fraction of sp³-hybridized carbons (Fsp3) is 0.727. The summed E-state index contributed by atoms with van der Waals surface area (Å²) in [5.74, 6) is 0. The number of nitrogens with two attached hydrogens (primary N) is 1. The standard InChI is InChI=1S/C11H19N3O/c1-14-8-9(7-13-14)5-6-15-11-4-2-3-10(11)12/h7-8,10-11H,2-6,12H2,1H3. The zero-order chi connectivity index (χ0) is 10.7. The van der Waals surface area contributed by atoms with Crippen molar-refractivity contribution in [3.8, 4) is 0 Å². The molecule has 0 saturated heterocycles. The van der Waals surface area contributed by atoms with Gasteiger partial charge in [0.15, 0.2) is 0 Å². The maximum atomic E-state index is 5.92. The van der Waals surface area contributed by atoms with Crippen LogP contribution in [0.25, 0.3) is 0 Å². The zero-order valence-corrected chi connectivity index (χ0v) is 9.22. The molecular weight excluding hydrogens is 190 g/mol. The highest BCUT2D eigenvalue weighted by Gasteiger charge is 2.24. The number of rotatable bonds is 4. The normalized spacial score (nSPS) is 26.0. The molecule has 1 aliphatic carbocycles. The van der Waals surface area contributed by atoms with Gasteiger partial charge in [-0.25, -0.2) is 0 Å². The van der Waals surface area contributed by atoms with Crippen molar-refractivity contribution in [3.63, 3.8) is 0 Å². The number of hydrogen-bond acceptors (Lipinski definition) is 3. The summed E-state index contributed by atoms with van der Waals surface area (Å²) in [7, 11) is 1.93. The van der Waals surface area contributed by atoms with Gasteiger partial charge in [0.25, 0.3) is 0 Å². The van der Waals surface area contributed by atoms with E-state index < -0.39 is 0 Å². The Bertz CT molecular complexity index is 311. The van der Waals surface area contributed by atoms with Crippen molar-refractivity contribution in [1.29, 1.82) is 0 Å². The Labute approximate surface area is 90.4 Å². The largest absolute Gasteiger partial charge is 0.376 e. The van der Waals surface area contributed by atoms with Crippen molar-refractivity contribution in [1.82, 2.24) is 9.78 Å². The summed E-state index contributed by atoms with van der Waals surface area (Å²) < 4.78 is 7.58. The summed E-state index contributed by atoms with van der Waals surface area (Å²) in [6.45, 7) is 0.754. The van der Waals surface area contributed by atoms with Crippen LogP contribution >= 0.6 is 0 Å². The first-order valence-electron chi connectivity index (χ1n) is 5.60. The van der Waals surface area contributed by atoms with Crippen LogP contribution < -0.4 is 5.73 Å². The first-order valence-corrected chi connectivity index (χ1v) is 5.60. The molecule has 84 valence electrons. The van der Waals surface area contributed by atoms with Crippen LogP contribution in [0.4, 0.5) is 0 Å². The lowest BCUT2D eigenvalue weighted by atomic mass is 10.2. The highest BCUT2D eigenvalue weighted by atomic mass is 16.5. The summed E-state index contributed by atoms with van der Waals surface area (Å²) in [6, 6.07) is 0.249. The van der Waals surface area contributed by atoms with Crippen LogP contribution in [0.2, 0.25) is 0 Å². The van der Waals surface area contributed by atoms with E-state index in [0.29, 0.717) is 0 Å². The molecule has 2 N–H and O–H groups in total. The van der Waals surface area contributed by atoms with Gasteiger partial charge >= 0.3 is 0 Å². The zero-order valence-electron chi connectivity index (χ0n) is 9.22. The van der Waals surface area contributed by atoms with Crippen LogP contribution in [0.15, 0.2) is 12.4 Å². The molecule has 0 amide bonds. The van der Waals surface area contributed by atoms with Gasteiger partial charge < -0.3 is 10.5 Å². The minimum atomic E-state index is 0.249. The number of aryl methyl sites for hydroxylation is 1. The van der Waals surface area contributed by atoms with Crippen molar-refractivity contribution in [2.75, 3.05) is 6.61 Å². The van der Waals surface area contributed by atoms with Gasteiger partial charge in [-0.1, -0.05) is 0 Å². The van der Waals surface area contributed by atoms with E-state index in [2.05, 4.69) is 5.10 Å². The van der Waals surface area contributed by atoms with Crippen LogP contribution in [0, 0.1) is 0 Å². The summed E-state index contributed by atoms with van der Waals surface area (Å²) in [5, 5.41) is 4.12. The van der Waals surface area contributed by atoms with Gasteiger partial charge in [-0.3, -0.25) is 4.68 Å². The highest BCUT2D eigenvalue weighted by molar-refractivity contribution is 5.03. The molecule has 2 unspecified atom stereocenters. The molecule has 4 nitrogen and oxygen atoms in total. The maximum absolute atomic E-state index is 5.92. The third-order valence-corrected chi connectivity index (χ3v) is 2.98. The molecule has 0 aromatic carbocycles. The van der Waals surface area contributed by atoms with E-state index in [-0.39, 0.29) is 12.1 Å². The van der Waals surface area contributed by atoms with Crippen molar-refractivity contribution < 1.29 is 4.74 Å². The Morgan fingerprint density at radius 3 is 3.07 bits per heavy atom. The van der Waals surface area contributed by atoms with Crippen LogP contribution in [0.3, 0.4) is 0 Å². The van der Waals surface area contributed by atoms with Crippen LogP contribution in [0.5, 0.6) is 0 Å². The molecule has 15 heavy (non-hydrogen) atoms. The van der Waals surface area contributed by atoms with Gasteiger partial charge in [0, 0.05) is 19.3 Å². The number of ether oxygens (including phenoxy) is 1. The predicted octanol–water partition coefficient (Wildman–Crippen LogP) is 0.859. The molecule has 1 aromatic rings. The first-order chi connectivity index (χ1) is 7.25. The van der Waals surface area contributed by atoms with Crippen molar-refractivity contribution in [2.24, 2.45) is 12.8 Å². The molecule has 1 fully saturated rings. The Morgan fingerprint density at radius 2 is 2.47 bits per heavy atom. The molecule has 0 bridgehead atoms. The van der Waals surface area contributed by atoms with E-state index in [0.717, 1.165) is 25.9 Å². The number of hydrogen-bond donors (Lipinski definition) is 1. The lowest BCUT2D eigenvalue weighted by Crippen LogP contribution is -2.31. The average Bonchev–Trinajstić information content (AvgIpc) is 2.77. The maximum Gasteiger partial charge on any atom is 0.0726 e. The average molecular weight is 209 g/mol. The molecular formula is C11H19N3O. The van der Waals surface area contributed by atoms with Crippen LogP contribution in [-0.4, -0.2) is 28.5 Å². The Kier molecular flexibility index (Phi) is 3.38. The third-order valence-electron chi connectivity index (χ3n) is 2.98.